The molecule has 3 aromatic carbocycles. The SMILES string of the molecule is CO[C@H]1O[C@@H]2COC(c3ccccc3)O[C@H]2[C@@H](OCc2ccccc2)[C@@H]1Sc1ccccc1. The molecule has 0 aromatic heterocycles. The van der Waals surface area contributed by atoms with Crippen molar-refractivity contribution in [3.8, 4) is 0 Å². The molecule has 3 aromatic rings. The Hall–Kier alpha value is -2.19. The van der Waals surface area contributed by atoms with E-state index in [1.54, 1.807) is 18.9 Å². The van der Waals surface area contributed by atoms with Crippen LogP contribution in [-0.4, -0.2) is 43.6 Å². The Bertz CT molecular complexity index is 987. The van der Waals surface area contributed by atoms with Gasteiger partial charge in [-0.2, -0.15) is 0 Å². The molecule has 2 fully saturated rings. The highest BCUT2D eigenvalue weighted by atomic mass is 32.2. The van der Waals surface area contributed by atoms with E-state index < -0.39 is 12.6 Å². The minimum absolute atomic E-state index is 0.114. The Morgan fingerprint density at radius 2 is 1.52 bits per heavy atom. The molecule has 1 unspecified atom stereocenters. The summed E-state index contributed by atoms with van der Waals surface area (Å²) in [5.74, 6) is 0. The third-order valence-electron chi connectivity index (χ3n) is 5.89. The van der Waals surface area contributed by atoms with Gasteiger partial charge in [0.2, 0.25) is 0 Å². The predicted molar refractivity (Wildman–Crippen MR) is 127 cm³/mol. The van der Waals surface area contributed by atoms with E-state index in [1.807, 2.05) is 66.7 Å². The Kier molecular flexibility index (Phi) is 7.41. The fourth-order valence-corrected chi connectivity index (χ4v) is 5.54. The van der Waals surface area contributed by atoms with E-state index in [9.17, 15) is 0 Å². The van der Waals surface area contributed by atoms with Crippen LogP contribution in [0.3, 0.4) is 0 Å². The molecule has 5 nitrogen and oxygen atoms in total. The van der Waals surface area contributed by atoms with E-state index in [0.29, 0.717) is 13.2 Å². The average molecular weight is 465 g/mol. The zero-order valence-corrected chi connectivity index (χ0v) is 19.3. The number of hydrogen-bond donors (Lipinski definition) is 0. The Morgan fingerprint density at radius 1 is 0.848 bits per heavy atom. The molecule has 2 heterocycles. The van der Waals surface area contributed by atoms with Crippen LogP contribution in [0, 0.1) is 0 Å². The number of methoxy groups -OCH3 is 1. The minimum atomic E-state index is -0.458. The average Bonchev–Trinajstić information content (AvgIpc) is 2.89. The Labute approximate surface area is 199 Å². The highest BCUT2D eigenvalue weighted by Gasteiger charge is 2.51. The third kappa shape index (κ3) is 5.32. The summed E-state index contributed by atoms with van der Waals surface area (Å²) in [4.78, 5) is 1.13. The first-order chi connectivity index (χ1) is 16.3. The van der Waals surface area contributed by atoms with Crippen molar-refractivity contribution >= 4 is 11.8 Å². The second kappa shape index (κ2) is 10.8. The summed E-state index contributed by atoms with van der Waals surface area (Å²) in [5, 5.41) is -0.114. The number of thioether (sulfide) groups is 1. The van der Waals surface area contributed by atoms with Crippen LogP contribution in [0.4, 0.5) is 0 Å². The van der Waals surface area contributed by atoms with Crippen molar-refractivity contribution < 1.29 is 23.7 Å². The summed E-state index contributed by atoms with van der Waals surface area (Å²) < 4.78 is 31.2. The molecule has 6 atom stereocenters. The van der Waals surface area contributed by atoms with Crippen LogP contribution in [-0.2, 0) is 30.3 Å². The second-order valence-electron chi connectivity index (χ2n) is 8.11. The van der Waals surface area contributed by atoms with Gasteiger partial charge in [0.05, 0.1) is 18.5 Å². The monoisotopic (exact) mass is 464 g/mol. The number of benzene rings is 3. The molecular formula is C27H28O5S. The first-order valence-electron chi connectivity index (χ1n) is 11.2. The van der Waals surface area contributed by atoms with E-state index in [1.165, 1.54) is 0 Å². The molecule has 0 saturated carbocycles. The highest BCUT2D eigenvalue weighted by Crippen LogP contribution is 2.41. The summed E-state index contributed by atoms with van der Waals surface area (Å²) in [6.45, 7) is 0.898. The van der Waals surface area contributed by atoms with E-state index in [-0.39, 0.29) is 23.6 Å². The van der Waals surface area contributed by atoms with E-state index in [2.05, 4.69) is 24.3 Å². The summed E-state index contributed by atoms with van der Waals surface area (Å²) in [6.07, 6.45) is -1.73. The highest BCUT2D eigenvalue weighted by molar-refractivity contribution is 8.00. The molecule has 2 saturated heterocycles. The smallest absolute Gasteiger partial charge is 0.184 e. The second-order valence-corrected chi connectivity index (χ2v) is 9.36. The fourth-order valence-electron chi connectivity index (χ4n) is 4.25. The molecule has 0 aliphatic carbocycles. The number of hydrogen-bond acceptors (Lipinski definition) is 6. The van der Waals surface area contributed by atoms with Crippen LogP contribution in [0.1, 0.15) is 17.4 Å². The number of ether oxygens (including phenoxy) is 5. The molecule has 0 amide bonds. The summed E-state index contributed by atoms with van der Waals surface area (Å²) in [7, 11) is 1.68. The summed E-state index contributed by atoms with van der Waals surface area (Å²) in [5.41, 5.74) is 2.10. The minimum Gasteiger partial charge on any atom is -0.369 e. The maximum absolute atomic E-state index is 6.58. The van der Waals surface area contributed by atoms with Crippen molar-refractivity contribution in [2.24, 2.45) is 0 Å². The van der Waals surface area contributed by atoms with Crippen molar-refractivity contribution in [1.82, 2.24) is 0 Å². The molecule has 6 heteroatoms. The van der Waals surface area contributed by atoms with Gasteiger partial charge in [0, 0.05) is 17.6 Å². The van der Waals surface area contributed by atoms with Gasteiger partial charge in [0.25, 0.3) is 0 Å². The fraction of sp³-hybridized carbons (Fsp3) is 0.333. The zero-order chi connectivity index (χ0) is 22.5. The third-order valence-corrected chi connectivity index (χ3v) is 7.20. The molecule has 2 aliphatic rings. The number of rotatable bonds is 7. The van der Waals surface area contributed by atoms with Crippen molar-refractivity contribution in [2.75, 3.05) is 13.7 Å². The largest absolute Gasteiger partial charge is 0.369 e. The summed E-state index contributed by atoms with van der Waals surface area (Å²) in [6, 6.07) is 30.5. The van der Waals surface area contributed by atoms with Gasteiger partial charge in [-0.05, 0) is 17.7 Å². The quantitative estimate of drug-likeness (QED) is 0.478. The number of fused-ring (bicyclic) bond motifs is 1. The lowest BCUT2D eigenvalue weighted by atomic mass is 9.99. The first kappa shape index (κ1) is 22.6. The topological polar surface area (TPSA) is 46.2 Å². The lowest BCUT2D eigenvalue weighted by Gasteiger charge is -2.48. The van der Waals surface area contributed by atoms with Gasteiger partial charge in [-0.3, -0.25) is 0 Å². The van der Waals surface area contributed by atoms with Gasteiger partial charge >= 0.3 is 0 Å². The summed E-state index contributed by atoms with van der Waals surface area (Å²) >= 11 is 1.70. The maximum Gasteiger partial charge on any atom is 0.184 e. The van der Waals surface area contributed by atoms with Crippen molar-refractivity contribution in [1.29, 1.82) is 0 Å². The molecule has 33 heavy (non-hydrogen) atoms. The van der Waals surface area contributed by atoms with Gasteiger partial charge in [0.15, 0.2) is 12.6 Å². The maximum atomic E-state index is 6.58. The molecule has 5 rings (SSSR count). The van der Waals surface area contributed by atoms with Crippen LogP contribution in [0.5, 0.6) is 0 Å². The van der Waals surface area contributed by atoms with E-state index >= 15 is 0 Å². The molecule has 0 bridgehead atoms. The van der Waals surface area contributed by atoms with Crippen molar-refractivity contribution in [3.63, 3.8) is 0 Å². The van der Waals surface area contributed by atoms with E-state index in [4.69, 9.17) is 23.7 Å². The van der Waals surface area contributed by atoms with Crippen LogP contribution in [0.15, 0.2) is 95.9 Å². The van der Waals surface area contributed by atoms with Crippen molar-refractivity contribution in [2.45, 2.75) is 47.6 Å². The molecule has 0 N–H and O–H groups in total. The van der Waals surface area contributed by atoms with Gasteiger partial charge in [-0.1, -0.05) is 78.9 Å². The van der Waals surface area contributed by atoms with Crippen molar-refractivity contribution in [3.05, 3.63) is 102 Å². The molecule has 0 spiro atoms. The van der Waals surface area contributed by atoms with Crippen LogP contribution in [0.25, 0.3) is 0 Å². The lowest BCUT2D eigenvalue weighted by Crippen LogP contribution is -2.61. The Balaban J connectivity index is 1.42. The standard InChI is InChI=1S/C27H28O5S/c1-28-27-25(33-21-15-9-4-10-16-21)24(29-17-19-11-5-2-6-12-19)23-22(31-27)18-30-26(32-23)20-13-7-3-8-14-20/h2-16,22-27H,17-18H2,1H3/t22-,23-,24-,25+,26?,27+/m1/s1. The van der Waals surface area contributed by atoms with Crippen LogP contribution < -0.4 is 0 Å². The molecule has 0 radical (unpaired) electrons. The van der Waals surface area contributed by atoms with E-state index in [0.717, 1.165) is 16.0 Å². The van der Waals surface area contributed by atoms with Gasteiger partial charge in [-0.25, -0.2) is 0 Å². The predicted octanol–water partition coefficient (Wildman–Crippen LogP) is 5.22. The normalized spacial score (nSPS) is 29.4. The molecule has 172 valence electrons. The van der Waals surface area contributed by atoms with Crippen LogP contribution >= 0.6 is 11.8 Å². The molecular weight excluding hydrogens is 436 g/mol. The van der Waals surface area contributed by atoms with Gasteiger partial charge in [-0.15, -0.1) is 11.8 Å². The van der Waals surface area contributed by atoms with Crippen LogP contribution in [0.2, 0.25) is 0 Å². The van der Waals surface area contributed by atoms with Gasteiger partial charge < -0.3 is 23.7 Å². The Morgan fingerprint density at radius 3 is 2.21 bits per heavy atom. The molecule has 2 aliphatic heterocycles. The first-order valence-corrected chi connectivity index (χ1v) is 12.1. The zero-order valence-electron chi connectivity index (χ0n) is 18.5. The van der Waals surface area contributed by atoms with Gasteiger partial charge in [0.1, 0.15) is 18.3 Å². The lowest BCUT2D eigenvalue weighted by molar-refractivity contribution is -0.337.